The van der Waals surface area contributed by atoms with E-state index in [2.05, 4.69) is 5.32 Å². The molecule has 0 saturated carbocycles. The number of nitrogens with zero attached hydrogens (tertiary/aromatic N) is 1. The minimum absolute atomic E-state index is 0.0719. The first-order chi connectivity index (χ1) is 7.52. The number of likely N-dealkylation sites (N-methyl/N-ethyl adjacent to an activating group) is 1. The van der Waals surface area contributed by atoms with E-state index in [9.17, 15) is 9.18 Å². The van der Waals surface area contributed by atoms with E-state index < -0.39 is 5.91 Å². The number of carbonyl (C=O) groups excluding carboxylic acids is 1. The molecular weight excluding hydrogens is 209 g/mol. The van der Waals surface area contributed by atoms with Crippen LogP contribution in [0, 0.1) is 5.82 Å². The number of hydrogen-bond acceptors (Lipinski definition) is 3. The molecule has 0 fully saturated rings. The van der Waals surface area contributed by atoms with Crippen LogP contribution in [0.2, 0.25) is 0 Å². The van der Waals surface area contributed by atoms with Gasteiger partial charge in [-0.05, 0) is 30.8 Å². The zero-order valence-corrected chi connectivity index (χ0v) is 9.46. The Morgan fingerprint density at radius 3 is 2.75 bits per heavy atom. The summed E-state index contributed by atoms with van der Waals surface area (Å²) in [6.45, 7) is 0.650. The third-order valence-corrected chi connectivity index (χ3v) is 2.16. The maximum atomic E-state index is 13.3. The molecule has 0 radical (unpaired) electrons. The van der Waals surface area contributed by atoms with Crippen LogP contribution >= 0.6 is 0 Å². The topological polar surface area (TPSA) is 58.4 Å². The maximum absolute atomic E-state index is 13.3. The van der Waals surface area contributed by atoms with E-state index in [0.29, 0.717) is 12.2 Å². The van der Waals surface area contributed by atoms with Crippen molar-refractivity contribution >= 4 is 11.6 Å². The summed E-state index contributed by atoms with van der Waals surface area (Å²) < 4.78 is 13.3. The lowest BCUT2D eigenvalue weighted by atomic mass is 10.2. The molecule has 0 saturated heterocycles. The van der Waals surface area contributed by atoms with Gasteiger partial charge in [-0.3, -0.25) is 4.79 Å². The predicted octanol–water partition coefficient (Wildman–Crippen LogP) is 0.467. The van der Waals surface area contributed by atoms with E-state index in [-0.39, 0.29) is 12.4 Å². The molecule has 3 N–H and O–H groups in total. The number of primary amides is 1. The quantitative estimate of drug-likeness (QED) is 0.765. The van der Waals surface area contributed by atoms with Crippen molar-refractivity contribution in [3.05, 3.63) is 29.6 Å². The predicted molar refractivity (Wildman–Crippen MR) is 61.6 cm³/mol. The third kappa shape index (κ3) is 3.51. The summed E-state index contributed by atoms with van der Waals surface area (Å²) in [6, 6.07) is 4.66. The van der Waals surface area contributed by atoms with Gasteiger partial charge >= 0.3 is 0 Å². The molecule has 0 atom stereocenters. The monoisotopic (exact) mass is 225 g/mol. The number of benzene rings is 1. The molecule has 0 aliphatic rings. The Morgan fingerprint density at radius 2 is 2.19 bits per heavy atom. The fraction of sp³-hybridized carbons (Fsp3) is 0.364. The highest BCUT2D eigenvalue weighted by atomic mass is 19.1. The van der Waals surface area contributed by atoms with E-state index in [1.807, 2.05) is 6.07 Å². The molecule has 0 unspecified atom stereocenters. The zero-order chi connectivity index (χ0) is 12.1. The number of carbonyl (C=O) groups is 1. The van der Waals surface area contributed by atoms with Crippen molar-refractivity contribution in [1.29, 1.82) is 0 Å². The maximum Gasteiger partial charge on any atom is 0.236 e. The van der Waals surface area contributed by atoms with Crippen LogP contribution in [0.4, 0.5) is 10.1 Å². The Balaban J connectivity index is 2.90. The Morgan fingerprint density at radius 1 is 1.50 bits per heavy atom. The van der Waals surface area contributed by atoms with Crippen LogP contribution in [0.25, 0.3) is 0 Å². The highest BCUT2D eigenvalue weighted by Gasteiger charge is 2.07. The van der Waals surface area contributed by atoms with Gasteiger partial charge in [0.2, 0.25) is 5.91 Å². The molecular formula is C11H16FN3O. The number of rotatable bonds is 5. The van der Waals surface area contributed by atoms with Crippen molar-refractivity contribution in [1.82, 2.24) is 5.32 Å². The zero-order valence-electron chi connectivity index (χ0n) is 9.46. The Labute approximate surface area is 94.2 Å². The molecule has 5 heteroatoms. The largest absolute Gasteiger partial charge is 0.368 e. The molecule has 0 bridgehead atoms. The fourth-order valence-electron chi connectivity index (χ4n) is 1.48. The van der Waals surface area contributed by atoms with Crippen molar-refractivity contribution in [3.8, 4) is 0 Å². The van der Waals surface area contributed by atoms with Crippen LogP contribution in [0.15, 0.2) is 18.2 Å². The SMILES string of the molecule is CNCc1cc(F)cc(N(C)CC(N)=O)c1. The average molecular weight is 225 g/mol. The Hall–Kier alpha value is -1.62. The highest BCUT2D eigenvalue weighted by Crippen LogP contribution is 2.17. The fourth-order valence-corrected chi connectivity index (χ4v) is 1.48. The first-order valence-electron chi connectivity index (χ1n) is 4.96. The first kappa shape index (κ1) is 12.4. The van der Waals surface area contributed by atoms with Gasteiger partial charge in [-0.15, -0.1) is 0 Å². The van der Waals surface area contributed by atoms with Gasteiger partial charge < -0.3 is 16.0 Å². The molecule has 1 aromatic rings. The molecule has 1 aromatic carbocycles. The van der Waals surface area contributed by atoms with E-state index >= 15 is 0 Å². The van der Waals surface area contributed by atoms with Crippen LogP contribution in [-0.4, -0.2) is 26.5 Å². The number of nitrogens with two attached hydrogens (primary N) is 1. The van der Waals surface area contributed by atoms with Gasteiger partial charge in [-0.25, -0.2) is 4.39 Å². The van der Waals surface area contributed by atoms with Gasteiger partial charge in [0.1, 0.15) is 5.82 Å². The second-order valence-electron chi connectivity index (χ2n) is 3.67. The van der Waals surface area contributed by atoms with Gasteiger partial charge in [-0.2, -0.15) is 0 Å². The summed E-state index contributed by atoms with van der Waals surface area (Å²) in [4.78, 5) is 12.4. The van der Waals surface area contributed by atoms with Gasteiger partial charge in [0.05, 0.1) is 6.54 Å². The molecule has 0 spiro atoms. The van der Waals surface area contributed by atoms with Gasteiger partial charge in [0, 0.05) is 19.3 Å². The van der Waals surface area contributed by atoms with Crippen LogP contribution in [0.3, 0.4) is 0 Å². The van der Waals surface area contributed by atoms with E-state index in [4.69, 9.17) is 5.73 Å². The minimum atomic E-state index is -0.443. The summed E-state index contributed by atoms with van der Waals surface area (Å²) >= 11 is 0. The lowest BCUT2D eigenvalue weighted by Crippen LogP contribution is -2.30. The molecule has 88 valence electrons. The van der Waals surface area contributed by atoms with Gasteiger partial charge in [0.15, 0.2) is 0 Å². The molecule has 1 amide bonds. The number of halogens is 1. The van der Waals surface area contributed by atoms with E-state index in [1.165, 1.54) is 12.1 Å². The number of amides is 1. The summed E-state index contributed by atoms with van der Waals surface area (Å²) in [6.07, 6.45) is 0. The van der Waals surface area contributed by atoms with Crippen LogP contribution in [0.1, 0.15) is 5.56 Å². The van der Waals surface area contributed by atoms with Crippen molar-refractivity contribution in [3.63, 3.8) is 0 Å². The van der Waals surface area contributed by atoms with Crippen LogP contribution in [-0.2, 0) is 11.3 Å². The van der Waals surface area contributed by atoms with Gasteiger partial charge in [0.25, 0.3) is 0 Å². The number of hydrogen-bond donors (Lipinski definition) is 2. The van der Waals surface area contributed by atoms with E-state index in [1.54, 1.807) is 19.0 Å². The lowest BCUT2D eigenvalue weighted by Gasteiger charge is -2.18. The van der Waals surface area contributed by atoms with E-state index in [0.717, 1.165) is 5.56 Å². The second kappa shape index (κ2) is 5.46. The molecule has 4 nitrogen and oxygen atoms in total. The smallest absolute Gasteiger partial charge is 0.236 e. The molecule has 1 rings (SSSR count). The van der Waals surface area contributed by atoms with Crippen LogP contribution in [0.5, 0.6) is 0 Å². The second-order valence-corrected chi connectivity index (χ2v) is 3.67. The van der Waals surface area contributed by atoms with Crippen molar-refractivity contribution in [2.24, 2.45) is 5.73 Å². The third-order valence-electron chi connectivity index (χ3n) is 2.16. The Bertz CT molecular complexity index is 381. The normalized spacial score (nSPS) is 10.2. The minimum Gasteiger partial charge on any atom is -0.368 e. The van der Waals surface area contributed by atoms with Gasteiger partial charge in [-0.1, -0.05) is 0 Å². The lowest BCUT2D eigenvalue weighted by molar-refractivity contribution is -0.116. The molecule has 0 aliphatic carbocycles. The number of nitrogens with one attached hydrogen (secondary N) is 1. The first-order valence-corrected chi connectivity index (χ1v) is 4.96. The van der Waals surface area contributed by atoms with Crippen molar-refractivity contribution in [2.75, 3.05) is 25.5 Å². The average Bonchev–Trinajstić information content (AvgIpc) is 2.16. The molecule has 0 aromatic heterocycles. The summed E-state index contributed by atoms with van der Waals surface area (Å²) in [5, 5.41) is 2.94. The summed E-state index contributed by atoms with van der Waals surface area (Å²) in [7, 11) is 3.49. The number of anilines is 1. The van der Waals surface area contributed by atoms with Crippen molar-refractivity contribution in [2.45, 2.75) is 6.54 Å². The highest BCUT2D eigenvalue weighted by molar-refractivity contribution is 5.79. The van der Waals surface area contributed by atoms with Crippen molar-refractivity contribution < 1.29 is 9.18 Å². The summed E-state index contributed by atoms with van der Waals surface area (Å²) in [5.41, 5.74) is 6.55. The molecule has 16 heavy (non-hydrogen) atoms. The molecule has 0 heterocycles. The van der Waals surface area contributed by atoms with Crippen LogP contribution < -0.4 is 16.0 Å². The molecule has 0 aliphatic heterocycles. The Kier molecular flexibility index (Phi) is 4.25. The standard InChI is InChI=1S/C11H16FN3O/c1-14-6-8-3-9(12)5-10(4-8)15(2)7-11(13)16/h3-5,14H,6-7H2,1-2H3,(H2,13,16). The summed E-state index contributed by atoms with van der Waals surface area (Å²) in [5.74, 6) is -0.763.